The minimum absolute atomic E-state index is 0.114. The van der Waals surface area contributed by atoms with Crippen molar-refractivity contribution in [1.82, 2.24) is 16.3 Å². The van der Waals surface area contributed by atoms with Crippen LogP contribution in [0.15, 0.2) is 0 Å². The largest absolute Gasteiger partial charge is 0.294 e. The van der Waals surface area contributed by atoms with Crippen LogP contribution in [0.3, 0.4) is 0 Å². The van der Waals surface area contributed by atoms with Crippen molar-refractivity contribution in [2.45, 2.75) is 19.3 Å². The van der Waals surface area contributed by atoms with Crippen molar-refractivity contribution >= 4 is 17.7 Å². The normalized spacial score (nSPS) is 9.75. The van der Waals surface area contributed by atoms with Gasteiger partial charge in [0.05, 0.1) is 0 Å². The van der Waals surface area contributed by atoms with Gasteiger partial charge in [-0.15, -0.1) is 0 Å². The molecule has 0 heterocycles. The zero-order valence-electron chi connectivity index (χ0n) is 8.66. The molecule has 0 spiro atoms. The molecular weight excluding hydrogens is 216 g/mol. The number of nitrogens with one attached hydrogen (secondary N) is 3. The molecule has 9 heteroatoms. The Balaban J connectivity index is 4.18. The van der Waals surface area contributed by atoms with Crippen LogP contribution in [0.4, 0.5) is 0 Å². The third-order valence-corrected chi connectivity index (χ3v) is 1.98. The maximum Gasteiger partial charge on any atom is 0.246 e. The topological polar surface area (TPSA) is 165 Å². The lowest BCUT2D eigenvalue weighted by Crippen LogP contribution is -2.46. The summed E-state index contributed by atoms with van der Waals surface area (Å²) in [5.41, 5.74) is 5.64. The molecule has 16 heavy (non-hydrogen) atoms. The van der Waals surface area contributed by atoms with Crippen LogP contribution in [0.2, 0.25) is 0 Å². The van der Waals surface area contributed by atoms with Gasteiger partial charge in [-0.2, -0.15) is 0 Å². The van der Waals surface area contributed by atoms with Crippen molar-refractivity contribution in [3.05, 3.63) is 0 Å². The first kappa shape index (κ1) is 14.3. The highest BCUT2D eigenvalue weighted by Crippen LogP contribution is 2.08. The minimum Gasteiger partial charge on any atom is -0.294 e. The molecule has 0 aromatic carbocycles. The number of hydrogen-bond donors (Lipinski definition) is 6. The average molecular weight is 232 g/mol. The van der Waals surface area contributed by atoms with E-state index >= 15 is 0 Å². The quantitative estimate of drug-likeness (QED) is 0.122. The van der Waals surface area contributed by atoms with E-state index in [-0.39, 0.29) is 18.7 Å². The van der Waals surface area contributed by atoms with Crippen LogP contribution >= 0.6 is 0 Å². The zero-order valence-corrected chi connectivity index (χ0v) is 8.66. The predicted octanol–water partition coefficient (Wildman–Crippen LogP) is -3.26. The molecule has 0 aliphatic heterocycles. The van der Waals surface area contributed by atoms with E-state index in [0.29, 0.717) is 6.42 Å². The third kappa shape index (κ3) is 4.68. The molecule has 0 saturated heterocycles. The summed E-state index contributed by atoms with van der Waals surface area (Å²) in [5.74, 6) is 12.0. The maximum absolute atomic E-state index is 11.2. The van der Waals surface area contributed by atoms with Gasteiger partial charge in [0, 0.05) is 6.42 Å². The molecule has 0 aliphatic rings. The van der Waals surface area contributed by atoms with Crippen LogP contribution in [0.5, 0.6) is 0 Å². The lowest BCUT2D eigenvalue weighted by Gasteiger charge is -2.12. The Labute approximate surface area is 92.0 Å². The highest BCUT2D eigenvalue weighted by atomic mass is 16.2. The third-order valence-electron chi connectivity index (χ3n) is 1.98. The summed E-state index contributed by atoms with van der Waals surface area (Å²) >= 11 is 0. The van der Waals surface area contributed by atoms with Gasteiger partial charge >= 0.3 is 0 Å². The maximum atomic E-state index is 11.2. The Morgan fingerprint density at radius 3 is 1.81 bits per heavy atom. The molecule has 9 nitrogen and oxygen atoms in total. The monoisotopic (exact) mass is 232 g/mol. The van der Waals surface area contributed by atoms with Crippen molar-refractivity contribution in [3.63, 3.8) is 0 Å². The first-order valence-corrected chi connectivity index (χ1v) is 4.57. The van der Waals surface area contributed by atoms with Gasteiger partial charge in [0.25, 0.3) is 0 Å². The standard InChI is InChI=1S/C7H16N6O3/c8-11-5(14)3-1-2-4(6(15)12-9)7(16)13-10/h4H,1-3,8-10H2,(H,11,14)(H,12,15)(H,13,16). The summed E-state index contributed by atoms with van der Waals surface area (Å²) in [6, 6.07) is 0. The van der Waals surface area contributed by atoms with Crippen molar-refractivity contribution < 1.29 is 14.4 Å². The molecule has 0 aromatic rings. The second-order valence-electron chi connectivity index (χ2n) is 3.03. The van der Waals surface area contributed by atoms with Gasteiger partial charge < -0.3 is 0 Å². The van der Waals surface area contributed by atoms with E-state index < -0.39 is 17.7 Å². The second kappa shape index (κ2) is 7.56. The predicted molar refractivity (Wildman–Crippen MR) is 54.3 cm³/mol. The van der Waals surface area contributed by atoms with Crippen molar-refractivity contribution in [2.75, 3.05) is 0 Å². The van der Waals surface area contributed by atoms with Crippen LogP contribution in [-0.2, 0) is 14.4 Å². The highest BCUT2D eigenvalue weighted by Gasteiger charge is 2.24. The number of rotatable bonds is 6. The molecule has 0 rings (SSSR count). The summed E-state index contributed by atoms with van der Waals surface area (Å²) in [5, 5.41) is 0. The summed E-state index contributed by atoms with van der Waals surface area (Å²) < 4.78 is 0. The summed E-state index contributed by atoms with van der Waals surface area (Å²) in [6.45, 7) is 0. The number of carbonyl (C=O) groups excluding carboxylic acids is 3. The van der Waals surface area contributed by atoms with Gasteiger partial charge in [0.15, 0.2) is 0 Å². The summed E-state index contributed by atoms with van der Waals surface area (Å²) in [7, 11) is 0. The van der Waals surface area contributed by atoms with Crippen molar-refractivity contribution in [3.8, 4) is 0 Å². The van der Waals surface area contributed by atoms with E-state index in [4.69, 9.17) is 17.5 Å². The Morgan fingerprint density at radius 1 is 0.938 bits per heavy atom. The second-order valence-corrected chi connectivity index (χ2v) is 3.03. The van der Waals surface area contributed by atoms with Crippen LogP contribution in [0, 0.1) is 5.92 Å². The Hall–Kier alpha value is -1.71. The zero-order chi connectivity index (χ0) is 12.6. The molecular formula is C7H16N6O3. The smallest absolute Gasteiger partial charge is 0.246 e. The fourth-order valence-electron chi connectivity index (χ4n) is 1.12. The number of hydrogen-bond acceptors (Lipinski definition) is 6. The van der Waals surface area contributed by atoms with Crippen LogP contribution in [-0.4, -0.2) is 17.7 Å². The fraction of sp³-hybridized carbons (Fsp3) is 0.571. The van der Waals surface area contributed by atoms with E-state index in [9.17, 15) is 14.4 Å². The average Bonchev–Trinajstić information content (AvgIpc) is 2.32. The molecule has 0 aromatic heterocycles. The first-order chi connectivity index (χ1) is 7.56. The molecule has 92 valence electrons. The number of amides is 3. The van der Waals surface area contributed by atoms with E-state index in [1.807, 2.05) is 16.3 Å². The molecule has 9 N–H and O–H groups in total. The van der Waals surface area contributed by atoms with Gasteiger partial charge in [-0.3, -0.25) is 30.7 Å². The Bertz CT molecular complexity index is 253. The molecule has 0 saturated carbocycles. The van der Waals surface area contributed by atoms with Crippen LogP contribution < -0.4 is 33.8 Å². The fourth-order valence-corrected chi connectivity index (χ4v) is 1.12. The number of hydrazine groups is 3. The van der Waals surface area contributed by atoms with Gasteiger partial charge in [0.1, 0.15) is 5.92 Å². The first-order valence-electron chi connectivity index (χ1n) is 4.57. The number of carbonyl (C=O) groups is 3. The van der Waals surface area contributed by atoms with E-state index in [0.717, 1.165) is 0 Å². The van der Waals surface area contributed by atoms with Crippen molar-refractivity contribution in [2.24, 2.45) is 23.4 Å². The van der Waals surface area contributed by atoms with Gasteiger partial charge in [0.2, 0.25) is 17.7 Å². The van der Waals surface area contributed by atoms with Gasteiger partial charge in [-0.1, -0.05) is 0 Å². The molecule has 0 bridgehead atoms. The van der Waals surface area contributed by atoms with E-state index in [1.54, 1.807) is 0 Å². The Kier molecular flexibility index (Phi) is 6.76. The lowest BCUT2D eigenvalue weighted by molar-refractivity contribution is -0.136. The molecule has 0 aliphatic carbocycles. The molecule has 0 radical (unpaired) electrons. The van der Waals surface area contributed by atoms with Crippen LogP contribution in [0.1, 0.15) is 19.3 Å². The molecule has 3 amide bonds. The summed E-state index contributed by atoms with van der Waals surface area (Å²) in [6.07, 6.45) is 0.580. The molecule has 0 atom stereocenters. The van der Waals surface area contributed by atoms with Gasteiger partial charge in [-0.25, -0.2) is 17.5 Å². The molecule has 0 unspecified atom stereocenters. The van der Waals surface area contributed by atoms with Gasteiger partial charge in [-0.05, 0) is 12.8 Å². The van der Waals surface area contributed by atoms with E-state index in [1.165, 1.54) is 0 Å². The van der Waals surface area contributed by atoms with Crippen molar-refractivity contribution in [1.29, 1.82) is 0 Å². The van der Waals surface area contributed by atoms with Crippen LogP contribution in [0.25, 0.3) is 0 Å². The lowest BCUT2D eigenvalue weighted by atomic mass is 10.0. The summed E-state index contributed by atoms with van der Waals surface area (Å²) in [4.78, 5) is 33.1. The highest BCUT2D eigenvalue weighted by molar-refractivity contribution is 5.99. The number of nitrogens with two attached hydrogens (primary N) is 3. The molecule has 0 fully saturated rings. The minimum atomic E-state index is -1.01. The SMILES string of the molecule is NNC(=O)CCCC(C(=O)NN)C(=O)NN. The Morgan fingerprint density at radius 2 is 1.44 bits per heavy atom. The van der Waals surface area contributed by atoms with E-state index in [2.05, 4.69) is 0 Å².